The first kappa shape index (κ1) is 17.3. The molecule has 0 radical (unpaired) electrons. The van der Waals surface area contributed by atoms with Crippen molar-refractivity contribution in [3.63, 3.8) is 0 Å². The average Bonchev–Trinajstić information content (AvgIpc) is 2.49. The van der Waals surface area contributed by atoms with Crippen LogP contribution in [0.25, 0.3) is 0 Å². The molecule has 5 nitrogen and oxygen atoms in total. The Bertz CT molecular complexity index is 862. The second-order valence-corrected chi connectivity index (χ2v) is 7.08. The van der Waals surface area contributed by atoms with Crippen molar-refractivity contribution in [1.82, 2.24) is 0 Å². The van der Waals surface area contributed by atoms with E-state index in [9.17, 15) is 13.2 Å². The molecule has 0 atom stereocenters. The number of ether oxygens (including phenoxy) is 1. The summed E-state index contributed by atoms with van der Waals surface area (Å²) in [7, 11) is -2.38. The lowest BCUT2D eigenvalue weighted by atomic mass is 10.1. The molecule has 2 aromatic carbocycles. The third kappa shape index (κ3) is 3.83. The molecule has 23 heavy (non-hydrogen) atoms. The van der Waals surface area contributed by atoms with Gasteiger partial charge >= 0.3 is 0 Å². The number of aryl methyl sites for hydroxylation is 1. The van der Waals surface area contributed by atoms with E-state index in [1.807, 2.05) is 0 Å². The van der Waals surface area contributed by atoms with Gasteiger partial charge in [-0.25, -0.2) is 8.42 Å². The van der Waals surface area contributed by atoms with Gasteiger partial charge in [-0.1, -0.05) is 23.7 Å². The maximum absolute atomic E-state index is 12.5. The lowest BCUT2D eigenvalue weighted by molar-refractivity contribution is 0.101. The first-order valence-electron chi connectivity index (χ1n) is 6.72. The highest BCUT2D eigenvalue weighted by molar-refractivity contribution is 7.92. The Morgan fingerprint density at radius 1 is 1.17 bits per heavy atom. The summed E-state index contributed by atoms with van der Waals surface area (Å²) in [5.74, 6) is 0.248. The van der Waals surface area contributed by atoms with Crippen LogP contribution in [0.5, 0.6) is 5.75 Å². The molecule has 2 aromatic rings. The summed E-state index contributed by atoms with van der Waals surface area (Å²) >= 11 is 5.97. The summed E-state index contributed by atoms with van der Waals surface area (Å²) < 4.78 is 32.5. The molecular formula is C16H16ClNO4S. The molecule has 1 N–H and O–H groups in total. The van der Waals surface area contributed by atoms with E-state index in [0.717, 1.165) is 0 Å². The zero-order valence-corrected chi connectivity index (χ0v) is 14.5. The van der Waals surface area contributed by atoms with Crippen LogP contribution in [-0.4, -0.2) is 21.3 Å². The molecule has 122 valence electrons. The number of halogens is 1. The predicted molar refractivity (Wildman–Crippen MR) is 90.0 cm³/mol. The van der Waals surface area contributed by atoms with Gasteiger partial charge in [-0.2, -0.15) is 0 Å². The van der Waals surface area contributed by atoms with Gasteiger partial charge in [-0.3, -0.25) is 9.52 Å². The monoisotopic (exact) mass is 353 g/mol. The minimum absolute atomic E-state index is 0.0101. The van der Waals surface area contributed by atoms with E-state index >= 15 is 0 Å². The molecule has 7 heteroatoms. The van der Waals surface area contributed by atoms with E-state index in [2.05, 4.69) is 4.72 Å². The number of carbonyl (C=O) groups excluding carboxylic acids is 1. The second-order valence-electron chi connectivity index (χ2n) is 4.99. The Kier molecular flexibility index (Phi) is 4.97. The third-order valence-electron chi connectivity index (χ3n) is 3.32. The maximum Gasteiger partial charge on any atom is 0.261 e. The van der Waals surface area contributed by atoms with Gasteiger partial charge in [0.15, 0.2) is 5.78 Å². The molecule has 0 aliphatic heterocycles. The fourth-order valence-electron chi connectivity index (χ4n) is 1.97. The largest absolute Gasteiger partial charge is 0.495 e. The summed E-state index contributed by atoms with van der Waals surface area (Å²) in [5, 5.41) is 0.199. The summed E-state index contributed by atoms with van der Waals surface area (Å²) in [5.41, 5.74) is 1.49. The smallest absolute Gasteiger partial charge is 0.261 e. The molecule has 2 rings (SSSR count). The van der Waals surface area contributed by atoms with Crippen molar-refractivity contribution in [2.24, 2.45) is 0 Å². The second kappa shape index (κ2) is 6.60. The molecule has 0 aliphatic rings. The van der Waals surface area contributed by atoms with Crippen LogP contribution in [0.1, 0.15) is 22.8 Å². The number of methoxy groups -OCH3 is 1. The Morgan fingerprint density at radius 2 is 1.87 bits per heavy atom. The number of carbonyl (C=O) groups is 1. The summed E-state index contributed by atoms with van der Waals surface area (Å²) in [4.78, 5) is 11.5. The quantitative estimate of drug-likeness (QED) is 0.832. The highest BCUT2D eigenvalue weighted by Crippen LogP contribution is 2.28. The number of sulfonamides is 1. The number of anilines is 1. The molecular weight excluding hydrogens is 338 g/mol. The van der Waals surface area contributed by atoms with Gasteiger partial charge in [-0.15, -0.1) is 0 Å². The molecule has 0 saturated heterocycles. The number of hydrogen-bond donors (Lipinski definition) is 1. The molecule has 0 fully saturated rings. The van der Waals surface area contributed by atoms with Crippen molar-refractivity contribution in [1.29, 1.82) is 0 Å². The van der Waals surface area contributed by atoms with Gasteiger partial charge < -0.3 is 4.74 Å². The molecule has 0 unspecified atom stereocenters. The first-order valence-corrected chi connectivity index (χ1v) is 8.58. The average molecular weight is 354 g/mol. The molecule has 0 saturated carbocycles. The van der Waals surface area contributed by atoms with Crippen molar-refractivity contribution in [2.75, 3.05) is 11.8 Å². The molecule has 0 heterocycles. The lowest BCUT2D eigenvalue weighted by Crippen LogP contribution is -2.14. The van der Waals surface area contributed by atoms with Crippen LogP contribution in [0.15, 0.2) is 41.3 Å². The first-order chi connectivity index (χ1) is 10.7. The van der Waals surface area contributed by atoms with Gasteiger partial charge in [-0.05, 0) is 43.7 Å². The van der Waals surface area contributed by atoms with E-state index in [0.29, 0.717) is 22.6 Å². The normalized spacial score (nSPS) is 11.1. The highest BCUT2D eigenvalue weighted by Gasteiger charge is 2.17. The van der Waals surface area contributed by atoms with Gasteiger partial charge in [0, 0.05) is 5.56 Å². The van der Waals surface area contributed by atoms with E-state index in [4.69, 9.17) is 16.3 Å². The van der Waals surface area contributed by atoms with Crippen molar-refractivity contribution in [2.45, 2.75) is 18.7 Å². The molecule has 0 amide bonds. The van der Waals surface area contributed by atoms with Crippen LogP contribution in [0, 0.1) is 6.92 Å². The van der Waals surface area contributed by atoms with Gasteiger partial charge in [0.2, 0.25) is 0 Å². The van der Waals surface area contributed by atoms with Crippen molar-refractivity contribution in [3.05, 3.63) is 52.5 Å². The predicted octanol–water partition coefficient (Wildman–Crippen LogP) is 3.66. The molecule has 0 aliphatic carbocycles. The van der Waals surface area contributed by atoms with Crippen molar-refractivity contribution in [3.8, 4) is 5.75 Å². The van der Waals surface area contributed by atoms with E-state index in [1.54, 1.807) is 19.1 Å². The Hall–Kier alpha value is -2.05. The van der Waals surface area contributed by atoms with Gasteiger partial charge in [0.05, 0.1) is 22.7 Å². The molecule has 0 spiro atoms. The van der Waals surface area contributed by atoms with Crippen LogP contribution in [0.2, 0.25) is 5.02 Å². The number of benzene rings is 2. The third-order valence-corrected chi connectivity index (χ3v) is 4.98. The standard InChI is InChI=1S/C16H16ClNO4S/c1-10-4-5-12(11(2)19)8-15(10)18-23(20,21)13-6-7-16(22-3)14(17)9-13/h4-9,18H,1-3H3. The minimum atomic E-state index is -3.83. The van der Waals surface area contributed by atoms with Crippen molar-refractivity contribution >= 4 is 33.1 Å². The number of rotatable bonds is 5. The SMILES string of the molecule is COc1ccc(S(=O)(=O)Nc2cc(C(C)=O)ccc2C)cc1Cl. The van der Waals surface area contributed by atoms with Crippen LogP contribution < -0.4 is 9.46 Å². The van der Waals surface area contributed by atoms with Crippen LogP contribution >= 0.6 is 11.6 Å². The fraction of sp³-hybridized carbons (Fsp3) is 0.188. The summed E-state index contributed by atoms with van der Waals surface area (Å²) in [6, 6.07) is 9.05. The van der Waals surface area contributed by atoms with Gasteiger partial charge in [0.25, 0.3) is 10.0 Å². The topological polar surface area (TPSA) is 72.5 Å². The zero-order valence-electron chi connectivity index (χ0n) is 12.9. The highest BCUT2D eigenvalue weighted by atomic mass is 35.5. The number of Topliss-reactive ketones (excluding diaryl/α,β-unsaturated/α-hetero) is 1. The van der Waals surface area contributed by atoms with Crippen LogP contribution in [-0.2, 0) is 10.0 Å². The van der Waals surface area contributed by atoms with Crippen molar-refractivity contribution < 1.29 is 17.9 Å². The van der Waals surface area contributed by atoms with E-state index in [-0.39, 0.29) is 15.7 Å². The Labute approximate surface area is 140 Å². The minimum Gasteiger partial charge on any atom is -0.495 e. The fourth-order valence-corrected chi connectivity index (χ4v) is 3.44. The lowest BCUT2D eigenvalue weighted by Gasteiger charge is -2.12. The number of nitrogens with one attached hydrogen (secondary N) is 1. The Morgan fingerprint density at radius 3 is 2.43 bits per heavy atom. The van der Waals surface area contributed by atoms with E-state index < -0.39 is 10.0 Å². The number of ketones is 1. The maximum atomic E-state index is 12.5. The van der Waals surface area contributed by atoms with E-state index in [1.165, 1.54) is 38.3 Å². The molecule has 0 bridgehead atoms. The summed E-state index contributed by atoms with van der Waals surface area (Å²) in [6.07, 6.45) is 0. The summed E-state index contributed by atoms with van der Waals surface area (Å²) in [6.45, 7) is 3.18. The van der Waals surface area contributed by atoms with Crippen LogP contribution in [0.3, 0.4) is 0 Å². The molecule has 0 aromatic heterocycles. The van der Waals surface area contributed by atoms with Crippen LogP contribution in [0.4, 0.5) is 5.69 Å². The number of hydrogen-bond acceptors (Lipinski definition) is 4. The zero-order chi connectivity index (χ0) is 17.2. The Balaban J connectivity index is 2.40. The van der Waals surface area contributed by atoms with Gasteiger partial charge in [0.1, 0.15) is 5.75 Å².